The average molecular weight is 342 g/mol. The molecule has 3 heterocycles. The van der Waals surface area contributed by atoms with Gasteiger partial charge < -0.3 is 4.90 Å². The van der Waals surface area contributed by atoms with E-state index in [0.29, 0.717) is 12.1 Å². The third-order valence-electron chi connectivity index (χ3n) is 3.57. The topological polar surface area (TPSA) is 67.3 Å². The van der Waals surface area contributed by atoms with Gasteiger partial charge in [-0.1, -0.05) is 0 Å². The van der Waals surface area contributed by atoms with E-state index in [1.54, 1.807) is 23.8 Å². The van der Waals surface area contributed by atoms with Crippen LogP contribution in [0.1, 0.15) is 16.9 Å². The molecular formula is C13H14N2O3S3. The van der Waals surface area contributed by atoms with Gasteiger partial charge in [0.15, 0.2) is 9.84 Å². The van der Waals surface area contributed by atoms with Crippen molar-refractivity contribution in [1.29, 1.82) is 0 Å². The zero-order valence-corrected chi connectivity index (χ0v) is 13.8. The number of thiophene rings is 1. The highest BCUT2D eigenvalue weighted by Gasteiger charge is 2.33. The lowest BCUT2D eigenvalue weighted by atomic mass is 10.2. The largest absolute Gasteiger partial charge is 0.336 e. The van der Waals surface area contributed by atoms with Crippen LogP contribution in [-0.4, -0.2) is 48.8 Å². The molecule has 1 saturated heterocycles. The summed E-state index contributed by atoms with van der Waals surface area (Å²) in [6.45, 7) is 0. The standard InChI is InChI=1S/C13H14N2O3S3/c1-15(10-3-5-21(17,18)8-10)13(16)11-7-20-12(14-11)9-2-4-19-6-9/h2,4,6-7,10H,3,5,8H2,1H3/t10-/m0/s1. The Kier molecular flexibility index (Phi) is 3.85. The van der Waals surface area contributed by atoms with Gasteiger partial charge in [0, 0.05) is 29.4 Å². The number of carbonyl (C=O) groups excluding carboxylic acids is 1. The third-order valence-corrected chi connectivity index (χ3v) is 6.89. The molecule has 3 rings (SSSR count). The van der Waals surface area contributed by atoms with E-state index < -0.39 is 9.84 Å². The fourth-order valence-corrected chi connectivity index (χ4v) is 5.60. The molecule has 1 amide bonds. The van der Waals surface area contributed by atoms with Crippen LogP contribution >= 0.6 is 22.7 Å². The van der Waals surface area contributed by atoms with Crippen LogP contribution in [-0.2, 0) is 9.84 Å². The quantitative estimate of drug-likeness (QED) is 0.857. The molecule has 1 aliphatic rings. The second kappa shape index (κ2) is 5.51. The molecule has 2 aromatic rings. The third kappa shape index (κ3) is 3.02. The molecule has 0 aromatic carbocycles. The molecule has 0 aliphatic carbocycles. The molecule has 2 aromatic heterocycles. The molecule has 1 fully saturated rings. The van der Waals surface area contributed by atoms with E-state index in [-0.39, 0.29) is 23.5 Å². The molecule has 1 atom stereocenters. The Labute approximate surface area is 131 Å². The maximum absolute atomic E-state index is 12.4. The van der Waals surface area contributed by atoms with Gasteiger partial charge in [0.25, 0.3) is 5.91 Å². The minimum atomic E-state index is -3.00. The molecule has 0 bridgehead atoms. The lowest BCUT2D eigenvalue weighted by molar-refractivity contribution is 0.0742. The van der Waals surface area contributed by atoms with Gasteiger partial charge in [0.1, 0.15) is 10.7 Å². The molecule has 0 spiro atoms. The van der Waals surface area contributed by atoms with E-state index in [0.717, 1.165) is 10.6 Å². The van der Waals surface area contributed by atoms with E-state index >= 15 is 0 Å². The summed E-state index contributed by atoms with van der Waals surface area (Å²) in [5.74, 6) is -0.00154. The van der Waals surface area contributed by atoms with Crippen molar-refractivity contribution in [3.63, 3.8) is 0 Å². The normalized spacial score (nSPS) is 20.5. The Balaban J connectivity index is 1.76. The summed E-state index contributed by atoms with van der Waals surface area (Å²) in [6.07, 6.45) is 0.506. The highest BCUT2D eigenvalue weighted by atomic mass is 32.2. The lowest BCUT2D eigenvalue weighted by Gasteiger charge is -2.22. The first-order chi connectivity index (χ1) is 9.96. The van der Waals surface area contributed by atoms with Gasteiger partial charge in [-0.25, -0.2) is 13.4 Å². The molecule has 8 heteroatoms. The van der Waals surface area contributed by atoms with Crippen LogP contribution in [0.3, 0.4) is 0 Å². The van der Waals surface area contributed by atoms with E-state index in [1.165, 1.54) is 16.2 Å². The summed E-state index contributed by atoms with van der Waals surface area (Å²) in [7, 11) is -1.35. The van der Waals surface area contributed by atoms with Gasteiger partial charge in [-0.15, -0.1) is 11.3 Å². The Morgan fingerprint density at radius 2 is 2.24 bits per heavy atom. The molecule has 5 nitrogen and oxygen atoms in total. The number of hydrogen-bond acceptors (Lipinski definition) is 6. The fraction of sp³-hybridized carbons (Fsp3) is 0.385. The van der Waals surface area contributed by atoms with Gasteiger partial charge in [0.05, 0.1) is 11.5 Å². The van der Waals surface area contributed by atoms with E-state index in [1.807, 2.05) is 16.8 Å². The van der Waals surface area contributed by atoms with Crippen LogP contribution < -0.4 is 0 Å². The summed E-state index contributed by atoms with van der Waals surface area (Å²) in [4.78, 5) is 18.3. The van der Waals surface area contributed by atoms with Crippen molar-refractivity contribution in [2.75, 3.05) is 18.6 Å². The zero-order valence-electron chi connectivity index (χ0n) is 11.4. The van der Waals surface area contributed by atoms with Crippen molar-refractivity contribution >= 4 is 38.4 Å². The minimum Gasteiger partial charge on any atom is -0.336 e. The van der Waals surface area contributed by atoms with E-state index in [9.17, 15) is 13.2 Å². The molecule has 112 valence electrons. The number of carbonyl (C=O) groups is 1. The van der Waals surface area contributed by atoms with Crippen molar-refractivity contribution in [2.24, 2.45) is 0 Å². The van der Waals surface area contributed by atoms with Crippen molar-refractivity contribution < 1.29 is 13.2 Å². The lowest BCUT2D eigenvalue weighted by Crippen LogP contribution is -2.38. The predicted molar refractivity (Wildman–Crippen MR) is 84.6 cm³/mol. The van der Waals surface area contributed by atoms with Crippen molar-refractivity contribution in [2.45, 2.75) is 12.5 Å². The molecule has 1 aliphatic heterocycles. The Bertz CT molecular complexity index is 749. The van der Waals surface area contributed by atoms with Crippen LogP contribution in [0.2, 0.25) is 0 Å². The van der Waals surface area contributed by atoms with Crippen LogP contribution in [0.4, 0.5) is 0 Å². The van der Waals surface area contributed by atoms with Gasteiger partial charge in [-0.05, 0) is 17.9 Å². The van der Waals surface area contributed by atoms with Crippen LogP contribution in [0.25, 0.3) is 10.6 Å². The highest BCUT2D eigenvalue weighted by molar-refractivity contribution is 7.91. The summed E-state index contributed by atoms with van der Waals surface area (Å²) in [6, 6.07) is 1.72. The zero-order chi connectivity index (χ0) is 15.0. The van der Waals surface area contributed by atoms with Crippen molar-refractivity contribution in [3.05, 3.63) is 27.9 Å². The fourth-order valence-electron chi connectivity index (χ4n) is 2.32. The molecule has 0 N–H and O–H groups in total. The molecule has 0 saturated carbocycles. The summed E-state index contributed by atoms with van der Waals surface area (Å²) in [5, 5.41) is 6.50. The number of aromatic nitrogens is 1. The number of sulfone groups is 1. The maximum Gasteiger partial charge on any atom is 0.273 e. The first-order valence-electron chi connectivity index (χ1n) is 6.42. The monoisotopic (exact) mass is 342 g/mol. The van der Waals surface area contributed by atoms with Crippen LogP contribution in [0.15, 0.2) is 22.2 Å². The van der Waals surface area contributed by atoms with E-state index in [4.69, 9.17) is 0 Å². The molecule has 0 unspecified atom stereocenters. The Morgan fingerprint density at radius 1 is 1.43 bits per heavy atom. The molecular weight excluding hydrogens is 328 g/mol. The van der Waals surface area contributed by atoms with Crippen molar-refractivity contribution in [3.8, 4) is 10.6 Å². The van der Waals surface area contributed by atoms with Crippen molar-refractivity contribution in [1.82, 2.24) is 9.88 Å². The smallest absolute Gasteiger partial charge is 0.273 e. The Morgan fingerprint density at radius 3 is 2.86 bits per heavy atom. The molecule has 0 radical (unpaired) electrons. The number of nitrogens with zero attached hydrogens (tertiary/aromatic N) is 2. The first kappa shape index (κ1) is 14.7. The van der Waals surface area contributed by atoms with Gasteiger partial charge in [-0.2, -0.15) is 11.3 Å². The summed E-state index contributed by atoms with van der Waals surface area (Å²) >= 11 is 3.01. The number of amides is 1. The van der Waals surface area contributed by atoms with Gasteiger partial charge >= 0.3 is 0 Å². The van der Waals surface area contributed by atoms with Crippen LogP contribution in [0.5, 0.6) is 0 Å². The minimum absolute atomic E-state index is 0.0523. The average Bonchev–Trinajstić information content (AvgIpc) is 3.16. The number of hydrogen-bond donors (Lipinski definition) is 0. The summed E-state index contributed by atoms with van der Waals surface area (Å²) in [5.41, 5.74) is 1.39. The second-order valence-corrected chi connectivity index (χ2v) is 8.89. The molecule has 21 heavy (non-hydrogen) atoms. The van der Waals surface area contributed by atoms with Crippen LogP contribution in [0, 0.1) is 0 Å². The number of rotatable bonds is 3. The van der Waals surface area contributed by atoms with Gasteiger partial charge in [-0.3, -0.25) is 4.79 Å². The second-order valence-electron chi connectivity index (χ2n) is 5.02. The Hall–Kier alpha value is -1.25. The maximum atomic E-state index is 12.4. The highest BCUT2D eigenvalue weighted by Crippen LogP contribution is 2.27. The SMILES string of the molecule is CN(C(=O)c1csc(-c2ccsc2)n1)[C@H]1CCS(=O)(=O)C1. The number of thiazole rings is 1. The first-order valence-corrected chi connectivity index (χ1v) is 10.1. The van der Waals surface area contributed by atoms with Gasteiger partial charge in [0.2, 0.25) is 0 Å². The van der Waals surface area contributed by atoms with E-state index in [2.05, 4.69) is 4.98 Å². The predicted octanol–water partition coefficient (Wildman–Crippen LogP) is 2.13. The summed E-state index contributed by atoms with van der Waals surface area (Å²) < 4.78 is 23.0.